The fourth-order valence-electron chi connectivity index (χ4n) is 3.26. The molecule has 29 heavy (non-hydrogen) atoms. The molecular formula is C22H28N4O2S. The highest BCUT2D eigenvalue weighted by Gasteiger charge is 2.15. The number of anilines is 2. The zero-order valence-electron chi connectivity index (χ0n) is 17.0. The molecule has 0 spiro atoms. The molecule has 1 amide bonds. The molecule has 3 rings (SSSR count). The predicted octanol–water partition coefficient (Wildman–Crippen LogP) is 3.03. The van der Waals surface area contributed by atoms with Crippen LogP contribution in [0.4, 0.5) is 11.4 Å². The number of thiocarbonyl (C=S) groups is 1. The van der Waals surface area contributed by atoms with Crippen LogP contribution in [-0.2, 0) is 4.79 Å². The molecule has 2 aromatic rings. The molecule has 1 saturated heterocycles. The highest BCUT2D eigenvalue weighted by atomic mass is 32.1. The van der Waals surface area contributed by atoms with Gasteiger partial charge in [-0.15, -0.1) is 0 Å². The number of likely N-dealkylation sites (N-methyl/N-ethyl adjacent to an activating group) is 1. The van der Waals surface area contributed by atoms with Crippen molar-refractivity contribution in [2.45, 2.75) is 13.8 Å². The summed E-state index contributed by atoms with van der Waals surface area (Å²) in [5, 5.41) is 5.95. The maximum Gasteiger partial charge on any atom is 0.264 e. The number of piperazine rings is 1. The van der Waals surface area contributed by atoms with E-state index in [0.29, 0.717) is 5.75 Å². The van der Waals surface area contributed by atoms with Gasteiger partial charge in [-0.25, -0.2) is 0 Å². The van der Waals surface area contributed by atoms with Gasteiger partial charge in [0.15, 0.2) is 11.7 Å². The van der Waals surface area contributed by atoms with Crippen LogP contribution in [-0.4, -0.2) is 55.3 Å². The summed E-state index contributed by atoms with van der Waals surface area (Å²) in [5.41, 5.74) is 3.02. The van der Waals surface area contributed by atoms with Crippen molar-refractivity contribution in [2.24, 2.45) is 0 Å². The topological polar surface area (TPSA) is 56.8 Å². The van der Waals surface area contributed by atoms with Gasteiger partial charge in [0.1, 0.15) is 5.75 Å². The molecule has 0 aliphatic carbocycles. The first-order valence-electron chi connectivity index (χ1n) is 9.92. The standard InChI is InChI=1S/C22H28N4O2S/c1-3-25-12-14-26(15-13-25)19-10-8-18(9-11-19)23-22(29)24-21(27)16-28-20-7-5-4-6-17(20)2/h4-11H,3,12-16H2,1-2H3,(H2,23,24,27,29). The zero-order valence-corrected chi connectivity index (χ0v) is 17.8. The SMILES string of the molecule is CCN1CCN(c2ccc(NC(=S)NC(=O)COc3ccccc3C)cc2)CC1. The number of para-hydroxylation sites is 1. The molecule has 0 unspecified atom stereocenters. The molecule has 0 bridgehead atoms. The van der Waals surface area contributed by atoms with E-state index in [4.69, 9.17) is 17.0 Å². The monoisotopic (exact) mass is 412 g/mol. The van der Waals surface area contributed by atoms with Crippen LogP contribution in [0.5, 0.6) is 5.75 Å². The normalized spacial score (nSPS) is 14.3. The van der Waals surface area contributed by atoms with Crippen molar-refractivity contribution in [1.82, 2.24) is 10.2 Å². The third kappa shape index (κ3) is 6.17. The second kappa shape index (κ2) is 10.2. The van der Waals surface area contributed by atoms with Crippen LogP contribution in [0.2, 0.25) is 0 Å². The number of carbonyl (C=O) groups is 1. The molecule has 1 aliphatic heterocycles. The highest BCUT2D eigenvalue weighted by molar-refractivity contribution is 7.80. The molecule has 0 atom stereocenters. The first kappa shape index (κ1) is 21.1. The van der Waals surface area contributed by atoms with Gasteiger partial charge in [0.25, 0.3) is 5.91 Å². The van der Waals surface area contributed by atoms with Crippen LogP contribution in [0.25, 0.3) is 0 Å². The van der Waals surface area contributed by atoms with Gasteiger partial charge in [-0.2, -0.15) is 0 Å². The maximum absolute atomic E-state index is 12.1. The van der Waals surface area contributed by atoms with Crippen molar-refractivity contribution in [3.8, 4) is 5.75 Å². The Morgan fingerprint density at radius 3 is 2.41 bits per heavy atom. The maximum atomic E-state index is 12.1. The molecule has 0 radical (unpaired) electrons. The molecule has 2 aromatic carbocycles. The Labute approximate surface area is 177 Å². The Kier molecular flexibility index (Phi) is 7.43. The molecule has 154 valence electrons. The summed E-state index contributed by atoms with van der Waals surface area (Å²) in [6.07, 6.45) is 0. The lowest BCUT2D eigenvalue weighted by Gasteiger charge is -2.35. The third-order valence-electron chi connectivity index (χ3n) is 5.02. The van der Waals surface area contributed by atoms with E-state index in [1.54, 1.807) is 0 Å². The molecule has 1 aliphatic rings. The number of hydrogen-bond donors (Lipinski definition) is 2. The molecule has 6 nitrogen and oxygen atoms in total. The van der Waals surface area contributed by atoms with Crippen LogP contribution < -0.4 is 20.3 Å². The largest absolute Gasteiger partial charge is 0.483 e. The molecule has 2 N–H and O–H groups in total. The van der Waals surface area contributed by atoms with Crippen molar-refractivity contribution in [2.75, 3.05) is 49.5 Å². The fourth-order valence-corrected chi connectivity index (χ4v) is 3.50. The number of amides is 1. The van der Waals surface area contributed by atoms with E-state index in [2.05, 4.69) is 39.5 Å². The Morgan fingerprint density at radius 1 is 1.07 bits per heavy atom. The predicted molar refractivity (Wildman–Crippen MR) is 122 cm³/mol. The molecular weight excluding hydrogens is 384 g/mol. The lowest BCUT2D eigenvalue weighted by molar-refractivity contribution is -0.121. The molecule has 0 saturated carbocycles. The van der Waals surface area contributed by atoms with Gasteiger partial charge in [0.05, 0.1) is 0 Å². The number of rotatable bonds is 6. The Balaban J connectivity index is 1.44. The van der Waals surface area contributed by atoms with E-state index in [9.17, 15) is 4.79 Å². The Hall–Kier alpha value is -2.64. The van der Waals surface area contributed by atoms with Crippen molar-refractivity contribution in [3.05, 3.63) is 54.1 Å². The van der Waals surface area contributed by atoms with E-state index >= 15 is 0 Å². The second-order valence-electron chi connectivity index (χ2n) is 7.02. The Morgan fingerprint density at radius 2 is 1.76 bits per heavy atom. The van der Waals surface area contributed by atoms with Gasteiger partial charge in [0.2, 0.25) is 0 Å². The van der Waals surface area contributed by atoms with Gasteiger partial charge in [-0.05, 0) is 61.6 Å². The number of benzene rings is 2. The lowest BCUT2D eigenvalue weighted by Crippen LogP contribution is -2.46. The van der Waals surface area contributed by atoms with Crippen LogP contribution in [0.1, 0.15) is 12.5 Å². The quantitative estimate of drug-likeness (QED) is 0.712. The minimum absolute atomic E-state index is 0.0879. The van der Waals surface area contributed by atoms with E-state index in [-0.39, 0.29) is 17.6 Å². The number of hydrogen-bond acceptors (Lipinski definition) is 5. The molecule has 0 aromatic heterocycles. The first-order valence-corrected chi connectivity index (χ1v) is 10.3. The average Bonchev–Trinajstić information content (AvgIpc) is 2.74. The number of ether oxygens (including phenoxy) is 1. The van der Waals surface area contributed by atoms with Gasteiger partial charge >= 0.3 is 0 Å². The summed E-state index contributed by atoms with van der Waals surface area (Å²) in [6, 6.07) is 15.7. The summed E-state index contributed by atoms with van der Waals surface area (Å²) >= 11 is 5.24. The van der Waals surface area contributed by atoms with Gasteiger partial charge in [0, 0.05) is 37.6 Å². The van der Waals surface area contributed by atoms with Gasteiger partial charge in [-0.1, -0.05) is 25.1 Å². The van der Waals surface area contributed by atoms with E-state index in [0.717, 1.165) is 44.0 Å². The van der Waals surface area contributed by atoms with Gasteiger partial charge in [-0.3, -0.25) is 10.1 Å². The third-order valence-corrected chi connectivity index (χ3v) is 5.22. The van der Waals surface area contributed by atoms with Crippen molar-refractivity contribution in [1.29, 1.82) is 0 Å². The van der Waals surface area contributed by atoms with Crippen LogP contribution in [0.15, 0.2) is 48.5 Å². The molecule has 7 heteroatoms. The van der Waals surface area contributed by atoms with Crippen LogP contribution in [0.3, 0.4) is 0 Å². The summed E-state index contributed by atoms with van der Waals surface area (Å²) in [5.74, 6) is 0.396. The summed E-state index contributed by atoms with van der Waals surface area (Å²) in [6.45, 7) is 9.42. The van der Waals surface area contributed by atoms with Gasteiger partial charge < -0.3 is 19.9 Å². The molecule has 1 heterocycles. The fraction of sp³-hybridized carbons (Fsp3) is 0.364. The highest BCUT2D eigenvalue weighted by Crippen LogP contribution is 2.19. The summed E-state index contributed by atoms with van der Waals surface area (Å²) in [4.78, 5) is 16.9. The van der Waals surface area contributed by atoms with Crippen molar-refractivity contribution >= 4 is 34.6 Å². The van der Waals surface area contributed by atoms with E-state index in [1.807, 2.05) is 43.3 Å². The van der Waals surface area contributed by atoms with Crippen molar-refractivity contribution < 1.29 is 9.53 Å². The minimum atomic E-state index is -0.295. The first-order chi connectivity index (χ1) is 14.0. The lowest BCUT2D eigenvalue weighted by atomic mass is 10.2. The van der Waals surface area contributed by atoms with Crippen LogP contribution >= 0.6 is 12.2 Å². The minimum Gasteiger partial charge on any atom is -0.483 e. The average molecular weight is 413 g/mol. The zero-order chi connectivity index (χ0) is 20.6. The van der Waals surface area contributed by atoms with Crippen molar-refractivity contribution in [3.63, 3.8) is 0 Å². The number of nitrogens with one attached hydrogen (secondary N) is 2. The Bertz CT molecular complexity index is 833. The summed E-state index contributed by atoms with van der Waals surface area (Å²) < 4.78 is 5.54. The summed E-state index contributed by atoms with van der Waals surface area (Å²) in [7, 11) is 0. The smallest absolute Gasteiger partial charge is 0.264 e. The number of aryl methyl sites for hydroxylation is 1. The van der Waals surface area contributed by atoms with Crippen LogP contribution in [0, 0.1) is 6.92 Å². The number of carbonyl (C=O) groups excluding carboxylic acids is 1. The number of nitrogens with zero attached hydrogens (tertiary/aromatic N) is 2. The van der Waals surface area contributed by atoms with E-state index in [1.165, 1.54) is 5.69 Å². The second-order valence-corrected chi connectivity index (χ2v) is 7.43. The molecule has 1 fully saturated rings. The van der Waals surface area contributed by atoms with E-state index < -0.39 is 0 Å².